The Kier molecular flexibility index (Phi) is 3.34. The van der Waals surface area contributed by atoms with Crippen LogP contribution in [-0.2, 0) is 18.3 Å². The van der Waals surface area contributed by atoms with Gasteiger partial charge in [-0.25, -0.2) is 4.98 Å². The predicted molar refractivity (Wildman–Crippen MR) is 94.0 cm³/mol. The van der Waals surface area contributed by atoms with Crippen LogP contribution in [-0.4, -0.2) is 25.6 Å². The highest BCUT2D eigenvalue weighted by atomic mass is 16.4. The number of aryl methyl sites for hydroxylation is 2. The Labute approximate surface area is 138 Å². The van der Waals surface area contributed by atoms with Crippen LogP contribution in [0.25, 0.3) is 33.2 Å². The van der Waals surface area contributed by atoms with E-state index in [2.05, 4.69) is 38.9 Å². The normalized spacial score (nSPS) is 11.4. The molecule has 0 fully saturated rings. The van der Waals surface area contributed by atoms with Crippen LogP contribution in [0.5, 0.6) is 0 Å². The monoisotopic (exact) mass is 319 g/mol. The smallest absolute Gasteiger partial charge is 0.303 e. The number of carbonyl (C=O) groups is 1. The van der Waals surface area contributed by atoms with Gasteiger partial charge < -0.3 is 14.7 Å². The van der Waals surface area contributed by atoms with E-state index in [1.807, 2.05) is 25.2 Å². The number of nitrogens with one attached hydrogen (secondary N) is 1. The molecule has 120 valence electrons. The molecule has 3 aromatic heterocycles. The Morgan fingerprint density at radius 1 is 1.29 bits per heavy atom. The van der Waals surface area contributed by atoms with Crippen LogP contribution in [0.15, 0.2) is 48.8 Å². The Morgan fingerprint density at radius 2 is 2.17 bits per heavy atom. The molecule has 0 saturated carbocycles. The van der Waals surface area contributed by atoms with Crippen LogP contribution in [0, 0.1) is 0 Å². The fourth-order valence-electron chi connectivity index (χ4n) is 3.16. The van der Waals surface area contributed by atoms with E-state index in [0.717, 1.165) is 38.8 Å². The average molecular weight is 319 g/mol. The Balaban J connectivity index is 1.84. The number of hydrogen-bond acceptors (Lipinski definition) is 2. The fourth-order valence-corrected chi connectivity index (χ4v) is 3.16. The summed E-state index contributed by atoms with van der Waals surface area (Å²) >= 11 is 0. The van der Waals surface area contributed by atoms with Crippen molar-refractivity contribution in [2.24, 2.45) is 7.05 Å². The summed E-state index contributed by atoms with van der Waals surface area (Å²) in [5.74, 6) is -0.773. The van der Waals surface area contributed by atoms with E-state index in [4.69, 9.17) is 5.11 Å². The van der Waals surface area contributed by atoms with Crippen molar-refractivity contribution >= 4 is 27.9 Å². The van der Waals surface area contributed by atoms with Crippen molar-refractivity contribution in [2.75, 3.05) is 0 Å². The highest BCUT2D eigenvalue weighted by Gasteiger charge is 2.12. The lowest BCUT2D eigenvalue weighted by Crippen LogP contribution is -1.97. The minimum atomic E-state index is -0.773. The highest BCUT2D eigenvalue weighted by Crippen LogP contribution is 2.32. The minimum absolute atomic E-state index is 0.143. The van der Waals surface area contributed by atoms with Crippen molar-refractivity contribution in [1.82, 2.24) is 14.5 Å². The molecular weight excluding hydrogens is 302 g/mol. The van der Waals surface area contributed by atoms with Gasteiger partial charge in [0, 0.05) is 53.4 Å². The number of hydrogen-bond donors (Lipinski definition) is 2. The summed E-state index contributed by atoms with van der Waals surface area (Å²) < 4.78 is 2.09. The molecule has 4 aromatic rings. The largest absolute Gasteiger partial charge is 0.481 e. The molecule has 0 radical (unpaired) electrons. The summed E-state index contributed by atoms with van der Waals surface area (Å²) in [4.78, 5) is 18.5. The van der Waals surface area contributed by atoms with Gasteiger partial charge in [0.15, 0.2) is 0 Å². The van der Waals surface area contributed by atoms with Gasteiger partial charge in [-0.2, -0.15) is 0 Å². The molecule has 0 atom stereocenters. The molecule has 5 heteroatoms. The maximum Gasteiger partial charge on any atom is 0.303 e. The van der Waals surface area contributed by atoms with Crippen molar-refractivity contribution in [1.29, 1.82) is 0 Å². The van der Waals surface area contributed by atoms with Gasteiger partial charge in [-0.3, -0.25) is 4.79 Å². The van der Waals surface area contributed by atoms with E-state index in [1.165, 1.54) is 0 Å². The number of rotatable bonds is 4. The van der Waals surface area contributed by atoms with Crippen LogP contribution < -0.4 is 0 Å². The summed E-state index contributed by atoms with van der Waals surface area (Å²) in [5.41, 5.74) is 5.14. The van der Waals surface area contributed by atoms with E-state index >= 15 is 0 Å². The SMILES string of the molecule is Cn1cc(-c2cc3cccnc3[nH]2)c2cc(CCC(=O)O)ccc21. The number of carboxylic acids is 1. The van der Waals surface area contributed by atoms with E-state index in [0.29, 0.717) is 6.42 Å². The van der Waals surface area contributed by atoms with Crippen molar-refractivity contribution < 1.29 is 9.90 Å². The Hall–Kier alpha value is -3.08. The summed E-state index contributed by atoms with van der Waals surface area (Å²) in [5, 5.41) is 11.1. The fraction of sp³-hybridized carbons (Fsp3) is 0.158. The van der Waals surface area contributed by atoms with Crippen LogP contribution in [0.1, 0.15) is 12.0 Å². The predicted octanol–water partition coefficient (Wildman–Crippen LogP) is 3.74. The molecule has 5 nitrogen and oxygen atoms in total. The first-order valence-corrected chi connectivity index (χ1v) is 7.86. The van der Waals surface area contributed by atoms with Gasteiger partial charge in [-0.1, -0.05) is 6.07 Å². The zero-order chi connectivity index (χ0) is 16.7. The van der Waals surface area contributed by atoms with E-state index in [1.54, 1.807) is 6.20 Å². The van der Waals surface area contributed by atoms with Crippen molar-refractivity contribution in [3.8, 4) is 11.3 Å². The van der Waals surface area contributed by atoms with Crippen LogP contribution in [0.4, 0.5) is 0 Å². The quantitative estimate of drug-likeness (QED) is 0.602. The maximum atomic E-state index is 10.8. The lowest BCUT2D eigenvalue weighted by Gasteiger charge is -2.02. The molecule has 0 spiro atoms. The third kappa shape index (κ3) is 2.44. The lowest BCUT2D eigenvalue weighted by atomic mass is 10.0. The standard InChI is InChI=1S/C19H17N3O2/c1-22-11-15(16-10-13-3-2-8-20-19(13)21-16)14-9-12(4-6-17(14)22)5-7-18(23)24/h2-4,6,8-11H,5,7H2,1H3,(H,20,21)(H,23,24). The first kappa shape index (κ1) is 14.5. The molecule has 24 heavy (non-hydrogen) atoms. The van der Waals surface area contributed by atoms with Gasteiger partial charge in [0.25, 0.3) is 0 Å². The molecule has 0 bridgehead atoms. The molecule has 0 aliphatic heterocycles. The van der Waals surface area contributed by atoms with E-state index < -0.39 is 5.97 Å². The van der Waals surface area contributed by atoms with Crippen molar-refractivity contribution in [3.05, 3.63) is 54.4 Å². The van der Waals surface area contributed by atoms with Gasteiger partial charge in [0.2, 0.25) is 0 Å². The van der Waals surface area contributed by atoms with E-state index in [-0.39, 0.29) is 6.42 Å². The number of aromatic amines is 1. The number of benzene rings is 1. The maximum absolute atomic E-state index is 10.8. The van der Waals surface area contributed by atoms with Crippen LogP contribution in [0.2, 0.25) is 0 Å². The average Bonchev–Trinajstić information content (AvgIpc) is 3.14. The molecule has 0 aliphatic rings. The molecular formula is C19H17N3O2. The number of pyridine rings is 1. The Bertz CT molecular complexity index is 1030. The minimum Gasteiger partial charge on any atom is -0.481 e. The molecule has 2 N–H and O–H groups in total. The number of carboxylic acid groups (broad SMARTS) is 1. The van der Waals surface area contributed by atoms with E-state index in [9.17, 15) is 4.79 Å². The van der Waals surface area contributed by atoms with Gasteiger partial charge in [-0.15, -0.1) is 0 Å². The second kappa shape index (κ2) is 5.53. The molecule has 4 rings (SSSR count). The van der Waals surface area contributed by atoms with Gasteiger partial charge in [0.05, 0.1) is 0 Å². The van der Waals surface area contributed by atoms with Gasteiger partial charge in [0.1, 0.15) is 5.65 Å². The number of aromatic nitrogens is 3. The Morgan fingerprint density at radius 3 is 2.96 bits per heavy atom. The molecule has 1 aromatic carbocycles. The molecule has 0 amide bonds. The molecule has 0 saturated heterocycles. The topological polar surface area (TPSA) is 70.9 Å². The summed E-state index contributed by atoms with van der Waals surface area (Å²) in [7, 11) is 2.02. The van der Waals surface area contributed by atoms with Gasteiger partial charge in [-0.05, 0) is 42.3 Å². The zero-order valence-electron chi connectivity index (χ0n) is 13.3. The van der Waals surface area contributed by atoms with Crippen molar-refractivity contribution in [2.45, 2.75) is 12.8 Å². The molecule has 0 aliphatic carbocycles. The second-order valence-electron chi connectivity index (χ2n) is 6.02. The number of fused-ring (bicyclic) bond motifs is 2. The second-order valence-corrected chi connectivity index (χ2v) is 6.02. The number of aliphatic carboxylic acids is 1. The third-order valence-electron chi connectivity index (χ3n) is 4.36. The van der Waals surface area contributed by atoms with Gasteiger partial charge >= 0.3 is 5.97 Å². The summed E-state index contributed by atoms with van der Waals surface area (Å²) in [6.07, 6.45) is 4.55. The molecule has 0 unspecified atom stereocenters. The number of H-pyrrole nitrogens is 1. The molecule has 3 heterocycles. The zero-order valence-corrected chi connectivity index (χ0v) is 13.3. The van der Waals surface area contributed by atoms with Crippen LogP contribution >= 0.6 is 0 Å². The third-order valence-corrected chi connectivity index (χ3v) is 4.36. The first-order chi connectivity index (χ1) is 11.6. The first-order valence-electron chi connectivity index (χ1n) is 7.86. The number of nitrogens with zero attached hydrogens (tertiary/aromatic N) is 2. The lowest BCUT2D eigenvalue weighted by molar-refractivity contribution is -0.136. The van der Waals surface area contributed by atoms with Crippen LogP contribution in [0.3, 0.4) is 0 Å². The summed E-state index contributed by atoms with van der Waals surface area (Å²) in [6, 6.07) is 12.2. The van der Waals surface area contributed by atoms with Crippen molar-refractivity contribution in [3.63, 3.8) is 0 Å². The summed E-state index contributed by atoms with van der Waals surface area (Å²) in [6.45, 7) is 0. The highest BCUT2D eigenvalue weighted by molar-refractivity contribution is 5.98.